The molecule has 0 aromatic rings. The Labute approximate surface area is 87.6 Å². The van der Waals surface area contributed by atoms with Crippen LogP contribution in [0.25, 0.3) is 0 Å². The zero-order chi connectivity index (χ0) is 10.7. The molecule has 1 heterocycles. The molecule has 0 bridgehead atoms. The fourth-order valence-electron chi connectivity index (χ4n) is 1.15. The van der Waals surface area contributed by atoms with Crippen molar-refractivity contribution in [3.63, 3.8) is 0 Å². The van der Waals surface area contributed by atoms with Crippen LogP contribution in [0.15, 0.2) is 12.2 Å². The third kappa shape index (κ3) is 2.96. The molecule has 0 amide bonds. The van der Waals surface area contributed by atoms with Gasteiger partial charge in [0.1, 0.15) is 23.7 Å². The third-order valence-corrected chi connectivity index (χ3v) is 3.35. The van der Waals surface area contributed by atoms with E-state index in [1.807, 2.05) is 6.92 Å². The van der Waals surface area contributed by atoms with Crippen molar-refractivity contribution in [2.75, 3.05) is 12.4 Å². The van der Waals surface area contributed by atoms with Gasteiger partial charge in [0.15, 0.2) is 0 Å². The van der Waals surface area contributed by atoms with E-state index in [9.17, 15) is 15.3 Å². The predicted molar refractivity (Wildman–Crippen MR) is 55.0 cm³/mol. The van der Waals surface area contributed by atoms with Gasteiger partial charge < -0.3 is 20.1 Å². The molecule has 0 aliphatic carbocycles. The maximum absolute atomic E-state index is 9.54. The summed E-state index contributed by atoms with van der Waals surface area (Å²) in [4.78, 5) is 0. The van der Waals surface area contributed by atoms with Crippen molar-refractivity contribution in [2.24, 2.45) is 0 Å². The molecule has 14 heavy (non-hydrogen) atoms. The first-order valence-electron chi connectivity index (χ1n) is 4.44. The van der Waals surface area contributed by atoms with Gasteiger partial charge in [-0.15, -0.1) is 11.8 Å². The molecule has 1 rings (SSSR count). The molecular formula is C9H16O4S. The fourth-order valence-corrected chi connectivity index (χ4v) is 2.13. The molecule has 1 aliphatic heterocycles. The number of aliphatic hydroxyl groups excluding tert-OH is 3. The second kappa shape index (κ2) is 5.14. The van der Waals surface area contributed by atoms with Gasteiger partial charge in [0.05, 0.1) is 6.61 Å². The highest BCUT2D eigenvalue weighted by Gasteiger charge is 2.37. The van der Waals surface area contributed by atoms with Gasteiger partial charge in [-0.1, -0.05) is 12.2 Å². The van der Waals surface area contributed by atoms with Crippen LogP contribution in [-0.2, 0) is 4.74 Å². The van der Waals surface area contributed by atoms with Crippen molar-refractivity contribution in [1.82, 2.24) is 0 Å². The topological polar surface area (TPSA) is 69.9 Å². The molecule has 1 saturated heterocycles. The number of rotatable bonds is 3. The summed E-state index contributed by atoms with van der Waals surface area (Å²) in [6, 6.07) is 0. The lowest BCUT2D eigenvalue weighted by molar-refractivity contribution is -0.161. The number of ether oxygens (including phenoxy) is 1. The second-order valence-corrected chi connectivity index (χ2v) is 4.60. The highest BCUT2D eigenvalue weighted by Crippen LogP contribution is 2.25. The first-order chi connectivity index (χ1) is 6.52. The van der Waals surface area contributed by atoms with E-state index in [0.29, 0.717) is 5.75 Å². The number of thioether (sulfide) groups is 1. The SMILES string of the molecule is C=C(C)CS[C@H]1OC[C@@H](O)[C@@H](O)[C@@H]1O. The van der Waals surface area contributed by atoms with Crippen LogP contribution in [-0.4, -0.2) is 51.4 Å². The van der Waals surface area contributed by atoms with Crippen LogP contribution in [0.2, 0.25) is 0 Å². The maximum Gasteiger partial charge on any atom is 0.132 e. The molecule has 0 aromatic heterocycles. The van der Waals surface area contributed by atoms with Crippen LogP contribution >= 0.6 is 11.8 Å². The van der Waals surface area contributed by atoms with Crippen LogP contribution in [0.5, 0.6) is 0 Å². The lowest BCUT2D eigenvalue weighted by atomic mass is 10.1. The van der Waals surface area contributed by atoms with Gasteiger partial charge in [0.25, 0.3) is 0 Å². The highest BCUT2D eigenvalue weighted by atomic mass is 32.2. The standard InChI is InChI=1S/C9H16O4S/c1-5(2)4-14-9-8(12)7(11)6(10)3-13-9/h6-12H,1,3-4H2,2H3/t6-,7-,8+,9-/m1/s1. The minimum Gasteiger partial charge on any atom is -0.388 e. The van der Waals surface area contributed by atoms with E-state index in [1.165, 1.54) is 11.8 Å². The van der Waals surface area contributed by atoms with Crippen LogP contribution in [0.4, 0.5) is 0 Å². The minimum absolute atomic E-state index is 0.0616. The van der Waals surface area contributed by atoms with E-state index in [4.69, 9.17) is 4.74 Å². The zero-order valence-electron chi connectivity index (χ0n) is 8.09. The molecular weight excluding hydrogens is 204 g/mol. The average Bonchev–Trinajstić information content (AvgIpc) is 2.13. The van der Waals surface area contributed by atoms with Crippen molar-refractivity contribution < 1.29 is 20.1 Å². The molecule has 0 unspecified atom stereocenters. The molecule has 0 saturated carbocycles. The number of hydrogen-bond acceptors (Lipinski definition) is 5. The minimum atomic E-state index is -1.12. The van der Waals surface area contributed by atoms with E-state index in [1.54, 1.807) is 0 Å². The van der Waals surface area contributed by atoms with Crippen molar-refractivity contribution in [3.8, 4) is 0 Å². The van der Waals surface area contributed by atoms with Gasteiger partial charge in [-0.2, -0.15) is 0 Å². The van der Waals surface area contributed by atoms with E-state index in [0.717, 1.165) is 5.57 Å². The average molecular weight is 220 g/mol. The number of aliphatic hydroxyl groups is 3. The Morgan fingerprint density at radius 2 is 2.07 bits per heavy atom. The summed E-state index contributed by atoms with van der Waals surface area (Å²) in [6.45, 7) is 5.67. The van der Waals surface area contributed by atoms with Gasteiger partial charge in [-0.05, 0) is 6.92 Å². The van der Waals surface area contributed by atoms with E-state index in [-0.39, 0.29) is 6.61 Å². The molecule has 4 atom stereocenters. The molecule has 1 aliphatic rings. The van der Waals surface area contributed by atoms with E-state index in [2.05, 4.69) is 6.58 Å². The van der Waals surface area contributed by atoms with Gasteiger partial charge in [0.2, 0.25) is 0 Å². The van der Waals surface area contributed by atoms with Crippen molar-refractivity contribution in [3.05, 3.63) is 12.2 Å². The molecule has 3 N–H and O–H groups in total. The summed E-state index contributed by atoms with van der Waals surface area (Å²) in [5.74, 6) is 0.671. The molecule has 1 fully saturated rings. The zero-order valence-corrected chi connectivity index (χ0v) is 8.91. The summed E-state index contributed by atoms with van der Waals surface area (Å²) >= 11 is 1.38. The summed E-state index contributed by atoms with van der Waals surface area (Å²) < 4.78 is 5.19. The van der Waals surface area contributed by atoms with Gasteiger partial charge >= 0.3 is 0 Å². The van der Waals surface area contributed by atoms with E-state index < -0.39 is 23.7 Å². The number of hydrogen-bond donors (Lipinski definition) is 3. The smallest absolute Gasteiger partial charge is 0.132 e. The van der Waals surface area contributed by atoms with E-state index >= 15 is 0 Å². The maximum atomic E-state index is 9.54. The normalized spacial score (nSPS) is 38.3. The highest BCUT2D eigenvalue weighted by molar-refractivity contribution is 7.99. The van der Waals surface area contributed by atoms with Crippen molar-refractivity contribution in [1.29, 1.82) is 0 Å². The van der Waals surface area contributed by atoms with Crippen molar-refractivity contribution in [2.45, 2.75) is 30.7 Å². The monoisotopic (exact) mass is 220 g/mol. The quantitative estimate of drug-likeness (QED) is 0.571. The molecule has 0 spiro atoms. The Kier molecular flexibility index (Phi) is 4.40. The van der Waals surface area contributed by atoms with Crippen LogP contribution in [0, 0.1) is 0 Å². The summed E-state index contributed by atoms with van der Waals surface area (Å²) in [5, 5.41) is 28.1. The first kappa shape index (κ1) is 12.0. The molecule has 0 radical (unpaired) electrons. The van der Waals surface area contributed by atoms with Gasteiger partial charge in [-0.3, -0.25) is 0 Å². The van der Waals surface area contributed by atoms with Gasteiger partial charge in [0, 0.05) is 5.75 Å². The largest absolute Gasteiger partial charge is 0.388 e. The molecule has 82 valence electrons. The Morgan fingerprint density at radius 1 is 1.43 bits per heavy atom. The Morgan fingerprint density at radius 3 is 2.64 bits per heavy atom. The Balaban J connectivity index is 2.42. The van der Waals surface area contributed by atoms with Crippen molar-refractivity contribution >= 4 is 11.8 Å². The Bertz CT molecular complexity index is 209. The van der Waals surface area contributed by atoms with Crippen LogP contribution < -0.4 is 0 Å². The second-order valence-electron chi connectivity index (χ2n) is 3.52. The lowest BCUT2D eigenvalue weighted by Crippen LogP contribution is -2.51. The van der Waals surface area contributed by atoms with Crippen LogP contribution in [0.1, 0.15) is 6.92 Å². The Hall–Kier alpha value is -0.0700. The first-order valence-corrected chi connectivity index (χ1v) is 5.49. The fraction of sp³-hybridized carbons (Fsp3) is 0.778. The molecule has 0 aromatic carbocycles. The third-order valence-electron chi connectivity index (χ3n) is 1.95. The lowest BCUT2D eigenvalue weighted by Gasteiger charge is -2.34. The van der Waals surface area contributed by atoms with Crippen LogP contribution in [0.3, 0.4) is 0 Å². The summed E-state index contributed by atoms with van der Waals surface area (Å²) in [6.07, 6.45) is -3.15. The van der Waals surface area contributed by atoms with Gasteiger partial charge in [-0.25, -0.2) is 0 Å². The summed E-state index contributed by atoms with van der Waals surface area (Å²) in [7, 11) is 0. The molecule has 5 heteroatoms. The predicted octanol–water partition coefficient (Wildman–Crippen LogP) is -0.265. The molecule has 4 nitrogen and oxygen atoms in total. The summed E-state index contributed by atoms with van der Waals surface area (Å²) in [5.41, 5.74) is 0.497.